The molecule has 0 amide bonds. The van der Waals surface area contributed by atoms with E-state index in [0.29, 0.717) is 0 Å². The summed E-state index contributed by atoms with van der Waals surface area (Å²) in [5, 5.41) is 14.6. The van der Waals surface area contributed by atoms with Gasteiger partial charge in [-0.15, -0.1) is 5.10 Å². The number of imidazole rings is 1. The Morgan fingerprint density at radius 3 is 2.05 bits per heavy atom. The molecule has 4 rings (SSSR count). The molecule has 3 heterocycles. The van der Waals surface area contributed by atoms with Crippen molar-refractivity contribution in [3.05, 3.63) is 59.4 Å². The second-order valence-corrected chi connectivity index (χ2v) is 10.8. The van der Waals surface area contributed by atoms with Gasteiger partial charge in [-0.3, -0.25) is 14.8 Å². The number of amidine groups is 1. The van der Waals surface area contributed by atoms with Crippen molar-refractivity contribution in [2.24, 2.45) is 4.99 Å². The average molecular weight is 550 g/mol. The Balaban J connectivity index is 1.33. The highest BCUT2D eigenvalue weighted by Gasteiger charge is 2.18. The highest BCUT2D eigenvalue weighted by Crippen LogP contribution is 2.14. The molecule has 3 aromatic rings. The van der Waals surface area contributed by atoms with Crippen LogP contribution in [0.2, 0.25) is 0 Å². The molecule has 2 N–H and O–H groups in total. The molecular weight excluding hydrogens is 502 g/mol. The Labute approximate surface area is 239 Å². The molecule has 11 heteroatoms. The lowest BCUT2D eigenvalue weighted by Crippen LogP contribution is -2.36. The number of likely N-dealkylation sites (N-methyl/N-ethyl adjacent to an activating group) is 1. The van der Waals surface area contributed by atoms with Gasteiger partial charge in [0.25, 0.3) is 0 Å². The van der Waals surface area contributed by atoms with Crippen LogP contribution in [0, 0.1) is 0 Å². The van der Waals surface area contributed by atoms with Crippen molar-refractivity contribution >= 4 is 5.84 Å². The molecule has 0 aliphatic carbocycles. The van der Waals surface area contributed by atoms with E-state index in [4.69, 9.17) is 4.99 Å². The predicted octanol–water partition coefficient (Wildman–Crippen LogP) is 3.17. The fraction of sp³-hybridized carbons (Fsp3) is 0.621. The van der Waals surface area contributed by atoms with E-state index in [1.165, 1.54) is 50.0 Å². The van der Waals surface area contributed by atoms with Crippen LogP contribution in [-0.2, 0) is 26.2 Å². The number of rotatable bonds is 19. The summed E-state index contributed by atoms with van der Waals surface area (Å²) in [6, 6.07) is 9.03. The smallest absolute Gasteiger partial charge is 0.162 e. The van der Waals surface area contributed by atoms with Crippen molar-refractivity contribution < 1.29 is 0 Å². The van der Waals surface area contributed by atoms with Crippen molar-refractivity contribution in [2.45, 2.75) is 65.7 Å². The summed E-state index contributed by atoms with van der Waals surface area (Å²) < 4.78 is 0. The van der Waals surface area contributed by atoms with Crippen LogP contribution in [0.25, 0.3) is 0 Å². The van der Waals surface area contributed by atoms with Crippen LogP contribution in [0.4, 0.5) is 0 Å². The van der Waals surface area contributed by atoms with Crippen LogP contribution in [0.15, 0.2) is 41.7 Å². The van der Waals surface area contributed by atoms with E-state index in [1.54, 1.807) is 0 Å². The van der Waals surface area contributed by atoms with E-state index in [-0.39, 0.29) is 0 Å². The number of benzene rings is 1. The van der Waals surface area contributed by atoms with Gasteiger partial charge in [0.1, 0.15) is 11.7 Å². The van der Waals surface area contributed by atoms with E-state index in [2.05, 4.69) is 95.4 Å². The molecule has 0 unspecified atom stereocenters. The second-order valence-electron chi connectivity index (χ2n) is 10.8. The molecule has 40 heavy (non-hydrogen) atoms. The lowest BCUT2D eigenvalue weighted by Gasteiger charge is -2.25. The minimum Gasteiger partial charge on any atom is -0.360 e. The van der Waals surface area contributed by atoms with Crippen molar-refractivity contribution in [3.63, 3.8) is 0 Å². The highest BCUT2D eigenvalue weighted by molar-refractivity contribution is 5.85. The van der Waals surface area contributed by atoms with Gasteiger partial charge in [-0.1, -0.05) is 38.1 Å². The lowest BCUT2D eigenvalue weighted by molar-refractivity contribution is 0.227. The summed E-state index contributed by atoms with van der Waals surface area (Å²) in [4.78, 5) is 22.1. The second kappa shape index (κ2) is 16.2. The van der Waals surface area contributed by atoms with Gasteiger partial charge >= 0.3 is 0 Å². The summed E-state index contributed by atoms with van der Waals surface area (Å²) in [5.74, 6) is 2.93. The lowest BCUT2D eigenvalue weighted by atomic mass is 10.1. The summed E-state index contributed by atoms with van der Waals surface area (Å²) >= 11 is 0. The normalized spacial score (nSPS) is 13.8. The summed E-state index contributed by atoms with van der Waals surface area (Å²) in [6.45, 7) is 15.0. The topological polar surface area (TPSA) is 108 Å². The number of hydrogen-bond donors (Lipinski definition) is 2. The van der Waals surface area contributed by atoms with Gasteiger partial charge in [0.2, 0.25) is 0 Å². The number of aromatic amines is 2. The van der Waals surface area contributed by atoms with Crippen LogP contribution in [0.1, 0.15) is 62.3 Å². The molecule has 1 aliphatic rings. The summed E-state index contributed by atoms with van der Waals surface area (Å²) in [7, 11) is 2.12. The minimum atomic E-state index is 0.717. The maximum absolute atomic E-state index is 4.71. The Hall–Kier alpha value is -3.15. The van der Waals surface area contributed by atoms with E-state index in [9.17, 15) is 0 Å². The number of H-pyrrole nitrogens is 2. The molecule has 218 valence electrons. The molecule has 0 saturated heterocycles. The molecule has 0 radical (unpaired) electrons. The predicted molar refractivity (Wildman–Crippen MR) is 159 cm³/mol. The van der Waals surface area contributed by atoms with Gasteiger partial charge in [-0.25, -0.2) is 10.1 Å². The van der Waals surface area contributed by atoms with Crippen LogP contribution in [0.3, 0.4) is 0 Å². The van der Waals surface area contributed by atoms with Gasteiger partial charge in [0, 0.05) is 39.1 Å². The Kier molecular flexibility index (Phi) is 12.1. The molecule has 0 bridgehead atoms. The Morgan fingerprint density at radius 1 is 0.800 bits per heavy atom. The van der Waals surface area contributed by atoms with E-state index in [1.807, 2.05) is 12.4 Å². The van der Waals surface area contributed by atoms with Crippen LogP contribution < -0.4 is 0 Å². The first-order valence-corrected chi connectivity index (χ1v) is 14.8. The van der Waals surface area contributed by atoms with Gasteiger partial charge in [0.05, 0.1) is 26.2 Å². The van der Waals surface area contributed by atoms with Crippen molar-refractivity contribution in [1.29, 1.82) is 0 Å². The first kappa shape index (κ1) is 29.8. The molecule has 2 aromatic heterocycles. The first-order chi connectivity index (χ1) is 19.6. The maximum atomic E-state index is 4.71. The van der Waals surface area contributed by atoms with E-state index >= 15 is 0 Å². The quantitative estimate of drug-likeness (QED) is 0.220. The van der Waals surface area contributed by atoms with Gasteiger partial charge in [-0.05, 0) is 73.4 Å². The average Bonchev–Trinajstić information content (AvgIpc) is 3.73. The SMILES string of the molecule is CCCN(CCC)CCCCN(Cc1ccc(CN(CC2=NCCN2C)Cc2ncc[nH]2)cc1)Cc1nnn[nH]1. The summed E-state index contributed by atoms with van der Waals surface area (Å²) in [5.41, 5.74) is 2.58. The zero-order valence-corrected chi connectivity index (χ0v) is 24.6. The molecule has 0 fully saturated rings. The van der Waals surface area contributed by atoms with E-state index < -0.39 is 0 Å². The zero-order chi connectivity index (χ0) is 28.0. The molecule has 11 nitrogen and oxygen atoms in total. The monoisotopic (exact) mass is 549 g/mol. The van der Waals surface area contributed by atoms with Crippen molar-refractivity contribution in [1.82, 2.24) is 50.2 Å². The standard InChI is InChI=1S/C29H47N11/c1-4-15-38(16-5-2)17-6-7-18-39(23-28-33-35-36-34-28)20-25-8-10-26(11-9-25)21-40(22-27-30-12-13-31-27)24-29-32-14-19-37(29)3/h8-13H,4-7,14-24H2,1-3H3,(H,30,31)(H,33,34,35,36). The number of hydrogen-bond acceptors (Lipinski definition) is 9. The van der Waals surface area contributed by atoms with Crippen molar-refractivity contribution in [2.75, 3.05) is 52.9 Å². The number of unbranched alkanes of at least 4 members (excludes halogenated alkanes) is 1. The largest absolute Gasteiger partial charge is 0.360 e. The Bertz CT molecular complexity index is 1090. The fourth-order valence-electron chi connectivity index (χ4n) is 5.29. The number of tetrazole rings is 1. The highest BCUT2D eigenvalue weighted by atomic mass is 15.5. The number of nitrogens with one attached hydrogen (secondary N) is 2. The van der Waals surface area contributed by atoms with Crippen LogP contribution in [0.5, 0.6) is 0 Å². The van der Waals surface area contributed by atoms with Crippen molar-refractivity contribution in [3.8, 4) is 0 Å². The molecule has 1 aliphatic heterocycles. The van der Waals surface area contributed by atoms with Gasteiger partial charge in [0.15, 0.2) is 5.82 Å². The van der Waals surface area contributed by atoms with Crippen LogP contribution >= 0.6 is 0 Å². The molecule has 1 aromatic carbocycles. The fourth-order valence-corrected chi connectivity index (χ4v) is 5.29. The Morgan fingerprint density at radius 2 is 1.48 bits per heavy atom. The maximum Gasteiger partial charge on any atom is 0.162 e. The van der Waals surface area contributed by atoms with Gasteiger partial charge < -0.3 is 14.8 Å². The summed E-state index contributed by atoms with van der Waals surface area (Å²) in [6.07, 6.45) is 8.49. The zero-order valence-electron chi connectivity index (χ0n) is 24.6. The molecule has 0 atom stereocenters. The molecular formula is C29H47N11. The van der Waals surface area contributed by atoms with Crippen LogP contribution in [-0.4, -0.2) is 109 Å². The number of nitrogens with zero attached hydrogens (tertiary/aromatic N) is 9. The van der Waals surface area contributed by atoms with Gasteiger partial charge in [-0.2, -0.15) is 0 Å². The number of aromatic nitrogens is 6. The third-order valence-electron chi connectivity index (χ3n) is 7.34. The molecule has 0 spiro atoms. The molecule has 0 saturated carbocycles. The first-order valence-electron chi connectivity index (χ1n) is 14.8. The van der Waals surface area contributed by atoms with E-state index in [0.717, 1.165) is 76.3 Å². The third kappa shape index (κ3) is 9.79. The number of aliphatic imine (C=N–C) groups is 1. The minimum absolute atomic E-state index is 0.717. The third-order valence-corrected chi connectivity index (χ3v) is 7.34.